The lowest BCUT2D eigenvalue weighted by Gasteiger charge is -2.06. The highest BCUT2D eigenvalue weighted by Crippen LogP contribution is 2.20. The lowest BCUT2D eigenvalue weighted by atomic mass is 10.1. The van der Waals surface area contributed by atoms with Gasteiger partial charge in [-0.15, -0.1) is 0 Å². The summed E-state index contributed by atoms with van der Waals surface area (Å²) in [7, 11) is 0. The number of halogens is 1. The van der Waals surface area contributed by atoms with E-state index in [1.165, 1.54) is 19.1 Å². The van der Waals surface area contributed by atoms with Gasteiger partial charge in [-0.3, -0.25) is 9.59 Å². The largest absolute Gasteiger partial charge is 0.361 e. The Balaban J connectivity index is 1.76. The Bertz CT molecular complexity index is 899. The number of benzene rings is 2. The van der Waals surface area contributed by atoms with Crippen molar-refractivity contribution in [1.82, 2.24) is 4.98 Å². The molecule has 23 heavy (non-hydrogen) atoms. The number of H-pyrrole nitrogens is 1. The monoisotopic (exact) mass is 310 g/mol. The Morgan fingerprint density at radius 1 is 1.17 bits per heavy atom. The number of aromatic amines is 1. The van der Waals surface area contributed by atoms with Gasteiger partial charge in [0, 0.05) is 28.4 Å². The van der Waals surface area contributed by atoms with Gasteiger partial charge in [-0.05, 0) is 42.8 Å². The van der Waals surface area contributed by atoms with Gasteiger partial charge in [0.1, 0.15) is 5.82 Å². The average Bonchev–Trinajstić information content (AvgIpc) is 2.89. The molecule has 0 aliphatic carbocycles. The van der Waals surface area contributed by atoms with E-state index in [2.05, 4.69) is 10.3 Å². The van der Waals surface area contributed by atoms with Gasteiger partial charge in [0.2, 0.25) is 5.91 Å². The molecule has 116 valence electrons. The summed E-state index contributed by atoms with van der Waals surface area (Å²) in [5.41, 5.74) is 2.57. The molecular formula is C18H15FN2O2. The zero-order valence-corrected chi connectivity index (χ0v) is 12.5. The van der Waals surface area contributed by atoms with Gasteiger partial charge in [0.15, 0.2) is 5.78 Å². The summed E-state index contributed by atoms with van der Waals surface area (Å²) in [6.45, 7) is 1.48. The van der Waals surface area contributed by atoms with Crippen LogP contribution >= 0.6 is 0 Å². The maximum Gasteiger partial charge on any atom is 0.228 e. The predicted octanol–water partition coefficient (Wildman–Crippen LogP) is 3.69. The number of aromatic nitrogens is 1. The third kappa shape index (κ3) is 3.29. The minimum absolute atomic E-state index is 0.0558. The van der Waals surface area contributed by atoms with E-state index in [1.54, 1.807) is 36.5 Å². The first-order valence-electron chi connectivity index (χ1n) is 7.19. The van der Waals surface area contributed by atoms with Gasteiger partial charge in [0.25, 0.3) is 0 Å². The van der Waals surface area contributed by atoms with Crippen molar-refractivity contribution in [2.45, 2.75) is 13.3 Å². The Hall–Kier alpha value is -2.95. The molecule has 0 saturated heterocycles. The number of rotatable bonds is 4. The maximum absolute atomic E-state index is 13.2. The molecule has 0 saturated carbocycles. The SMILES string of the molecule is CC(=O)c1cccc(NC(=O)Cc2c[nH]c3cc(F)ccc23)c1. The summed E-state index contributed by atoms with van der Waals surface area (Å²) in [6.07, 6.45) is 1.87. The fraction of sp³-hybridized carbons (Fsp3) is 0.111. The number of anilines is 1. The lowest BCUT2D eigenvalue weighted by Crippen LogP contribution is -2.14. The van der Waals surface area contributed by atoms with Crippen LogP contribution in [0.1, 0.15) is 22.8 Å². The van der Waals surface area contributed by atoms with Crippen LogP contribution in [0.25, 0.3) is 10.9 Å². The molecule has 2 aromatic carbocycles. The van der Waals surface area contributed by atoms with E-state index in [9.17, 15) is 14.0 Å². The van der Waals surface area contributed by atoms with Crippen LogP contribution in [-0.2, 0) is 11.2 Å². The summed E-state index contributed by atoms with van der Waals surface area (Å²) in [5.74, 6) is -0.577. The van der Waals surface area contributed by atoms with Gasteiger partial charge in [0.05, 0.1) is 6.42 Å². The number of ketones is 1. The van der Waals surface area contributed by atoms with Crippen molar-refractivity contribution in [2.75, 3.05) is 5.32 Å². The highest BCUT2D eigenvalue weighted by molar-refractivity contribution is 5.98. The molecule has 1 amide bonds. The molecule has 3 rings (SSSR count). The van der Waals surface area contributed by atoms with E-state index in [0.29, 0.717) is 16.8 Å². The first-order valence-corrected chi connectivity index (χ1v) is 7.19. The van der Waals surface area contributed by atoms with E-state index in [0.717, 1.165) is 10.9 Å². The Morgan fingerprint density at radius 2 is 2.00 bits per heavy atom. The quantitative estimate of drug-likeness (QED) is 0.722. The Kier molecular flexibility index (Phi) is 3.93. The number of hydrogen-bond acceptors (Lipinski definition) is 2. The van der Waals surface area contributed by atoms with Crippen LogP contribution in [0.3, 0.4) is 0 Å². The van der Waals surface area contributed by atoms with Crippen molar-refractivity contribution >= 4 is 28.3 Å². The van der Waals surface area contributed by atoms with E-state index >= 15 is 0 Å². The molecule has 4 nitrogen and oxygen atoms in total. The van der Waals surface area contributed by atoms with Crippen molar-refractivity contribution in [3.8, 4) is 0 Å². The van der Waals surface area contributed by atoms with E-state index in [4.69, 9.17) is 0 Å². The minimum Gasteiger partial charge on any atom is -0.361 e. The summed E-state index contributed by atoms with van der Waals surface area (Å²) in [5, 5.41) is 3.59. The Morgan fingerprint density at radius 3 is 2.78 bits per heavy atom. The van der Waals surface area contributed by atoms with Crippen LogP contribution in [0.4, 0.5) is 10.1 Å². The van der Waals surface area contributed by atoms with Crippen molar-refractivity contribution in [1.29, 1.82) is 0 Å². The number of Topliss-reactive ketones (excluding diaryl/α,β-unsaturated/α-hetero) is 1. The molecule has 0 radical (unpaired) electrons. The standard InChI is InChI=1S/C18H15FN2O2/c1-11(22)12-3-2-4-15(7-12)21-18(23)8-13-10-20-17-9-14(19)5-6-16(13)17/h2-7,9-10,20H,8H2,1H3,(H,21,23). The number of hydrogen-bond donors (Lipinski definition) is 2. The van der Waals surface area contributed by atoms with Crippen molar-refractivity contribution < 1.29 is 14.0 Å². The van der Waals surface area contributed by atoms with Gasteiger partial charge < -0.3 is 10.3 Å². The second kappa shape index (κ2) is 6.04. The van der Waals surface area contributed by atoms with Crippen LogP contribution in [0.5, 0.6) is 0 Å². The molecule has 0 fully saturated rings. The molecule has 0 spiro atoms. The molecule has 5 heteroatoms. The topological polar surface area (TPSA) is 62.0 Å². The molecule has 1 aromatic heterocycles. The fourth-order valence-electron chi connectivity index (χ4n) is 2.50. The average molecular weight is 310 g/mol. The molecule has 1 heterocycles. The van der Waals surface area contributed by atoms with Crippen LogP contribution in [0, 0.1) is 5.82 Å². The summed E-state index contributed by atoms with van der Waals surface area (Å²) in [4.78, 5) is 26.5. The lowest BCUT2D eigenvalue weighted by molar-refractivity contribution is -0.115. The molecule has 0 bridgehead atoms. The third-order valence-electron chi connectivity index (χ3n) is 3.63. The first-order chi connectivity index (χ1) is 11.0. The van der Waals surface area contributed by atoms with Gasteiger partial charge >= 0.3 is 0 Å². The summed E-state index contributed by atoms with van der Waals surface area (Å²) < 4.78 is 13.2. The normalized spacial score (nSPS) is 10.7. The minimum atomic E-state index is -0.323. The fourth-order valence-corrected chi connectivity index (χ4v) is 2.50. The predicted molar refractivity (Wildman–Crippen MR) is 87.0 cm³/mol. The molecule has 3 aromatic rings. The maximum atomic E-state index is 13.2. The molecule has 2 N–H and O–H groups in total. The molecule has 0 atom stereocenters. The second-order valence-corrected chi connectivity index (χ2v) is 5.37. The molecular weight excluding hydrogens is 295 g/mol. The third-order valence-corrected chi connectivity index (χ3v) is 3.63. The van der Waals surface area contributed by atoms with Crippen LogP contribution < -0.4 is 5.32 Å². The number of carbonyl (C=O) groups is 2. The smallest absolute Gasteiger partial charge is 0.228 e. The van der Waals surface area contributed by atoms with Crippen molar-refractivity contribution in [2.24, 2.45) is 0 Å². The van der Waals surface area contributed by atoms with Crippen molar-refractivity contribution in [3.63, 3.8) is 0 Å². The molecule has 0 aliphatic heterocycles. The Labute approximate surface area is 132 Å². The van der Waals surface area contributed by atoms with Crippen LogP contribution in [0.2, 0.25) is 0 Å². The van der Waals surface area contributed by atoms with E-state index in [1.807, 2.05) is 0 Å². The molecule has 0 unspecified atom stereocenters. The van der Waals surface area contributed by atoms with E-state index in [-0.39, 0.29) is 23.9 Å². The number of nitrogens with one attached hydrogen (secondary N) is 2. The summed E-state index contributed by atoms with van der Waals surface area (Å²) >= 11 is 0. The van der Waals surface area contributed by atoms with Gasteiger partial charge in [-0.2, -0.15) is 0 Å². The number of amides is 1. The van der Waals surface area contributed by atoms with E-state index < -0.39 is 0 Å². The van der Waals surface area contributed by atoms with Crippen LogP contribution in [-0.4, -0.2) is 16.7 Å². The number of carbonyl (C=O) groups excluding carboxylic acids is 2. The van der Waals surface area contributed by atoms with Gasteiger partial charge in [-0.1, -0.05) is 12.1 Å². The number of fused-ring (bicyclic) bond motifs is 1. The summed E-state index contributed by atoms with van der Waals surface area (Å²) in [6, 6.07) is 11.2. The highest BCUT2D eigenvalue weighted by atomic mass is 19.1. The highest BCUT2D eigenvalue weighted by Gasteiger charge is 2.10. The van der Waals surface area contributed by atoms with Crippen molar-refractivity contribution in [3.05, 3.63) is 65.6 Å². The zero-order valence-electron chi connectivity index (χ0n) is 12.5. The van der Waals surface area contributed by atoms with Gasteiger partial charge in [-0.25, -0.2) is 4.39 Å². The molecule has 0 aliphatic rings. The van der Waals surface area contributed by atoms with Crippen LogP contribution in [0.15, 0.2) is 48.7 Å². The second-order valence-electron chi connectivity index (χ2n) is 5.37. The first kappa shape index (κ1) is 15.0. The zero-order chi connectivity index (χ0) is 16.4.